The standard InChI is InChI=1S/C13H24FNO/c1-10-4-3-6-15(8-10)9-13-11(2)12(14)5-7-16-13/h10-13H,3-9H2,1-2H3/t10-,11+,12?,13+/m0/s1. The highest BCUT2D eigenvalue weighted by atomic mass is 19.1. The summed E-state index contributed by atoms with van der Waals surface area (Å²) in [6, 6.07) is 0. The number of nitrogens with zero attached hydrogens (tertiary/aromatic N) is 1. The van der Waals surface area contributed by atoms with E-state index in [2.05, 4.69) is 11.8 Å². The molecule has 2 heterocycles. The monoisotopic (exact) mass is 229 g/mol. The molecule has 94 valence electrons. The molecule has 0 amide bonds. The summed E-state index contributed by atoms with van der Waals surface area (Å²) < 4.78 is 19.3. The average molecular weight is 229 g/mol. The number of likely N-dealkylation sites (tertiary alicyclic amines) is 1. The molecule has 0 aliphatic carbocycles. The zero-order valence-corrected chi connectivity index (χ0v) is 10.5. The molecule has 0 aromatic rings. The Balaban J connectivity index is 1.83. The van der Waals surface area contributed by atoms with Gasteiger partial charge in [0.05, 0.1) is 6.10 Å². The Kier molecular flexibility index (Phi) is 4.20. The number of halogens is 1. The number of rotatable bonds is 2. The van der Waals surface area contributed by atoms with Crippen LogP contribution in [0.25, 0.3) is 0 Å². The Labute approximate surface area is 98.1 Å². The van der Waals surface area contributed by atoms with Crippen molar-refractivity contribution in [3.8, 4) is 0 Å². The first-order chi connectivity index (χ1) is 7.66. The Morgan fingerprint density at radius 3 is 2.88 bits per heavy atom. The number of hydrogen-bond acceptors (Lipinski definition) is 2. The smallest absolute Gasteiger partial charge is 0.107 e. The molecular weight excluding hydrogens is 205 g/mol. The molecule has 3 heteroatoms. The van der Waals surface area contributed by atoms with Gasteiger partial charge in [0.15, 0.2) is 0 Å². The Morgan fingerprint density at radius 1 is 1.31 bits per heavy atom. The van der Waals surface area contributed by atoms with E-state index in [9.17, 15) is 4.39 Å². The van der Waals surface area contributed by atoms with E-state index >= 15 is 0 Å². The van der Waals surface area contributed by atoms with Crippen molar-refractivity contribution in [2.24, 2.45) is 11.8 Å². The highest BCUT2D eigenvalue weighted by molar-refractivity contribution is 4.82. The average Bonchev–Trinajstić information content (AvgIpc) is 2.25. The topological polar surface area (TPSA) is 12.5 Å². The van der Waals surface area contributed by atoms with Crippen molar-refractivity contribution in [2.45, 2.75) is 45.4 Å². The van der Waals surface area contributed by atoms with Gasteiger partial charge in [-0.3, -0.25) is 0 Å². The quantitative estimate of drug-likeness (QED) is 0.721. The van der Waals surface area contributed by atoms with E-state index in [-0.39, 0.29) is 12.0 Å². The van der Waals surface area contributed by atoms with Crippen LogP contribution in [-0.2, 0) is 4.74 Å². The van der Waals surface area contributed by atoms with Gasteiger partial charge in [-0.2, -0.15) is 0 Å². The van der Waals surface area contributed by atoms with Crippen molar-refractivity contribution < 1.29 is 9.13 Å². The van der Waals surface area contributed by atoms with Crippen molar-refractivity contribution in [1.82, 2.24) is 4.90 Å². The SMILES string of the molecule is C[C@H]1CCCN(C[C@H]2OCCC(F)[C@H]2C)C1. The molecule has 0 spiro atoms. The van der Waals surface area contributed by atoms with Crippen LogP contribution in [0.3, 0.4) is 0 Å². The maximum Gasteiger partial charge on any atom is 0.107 e. The molecular formula is C13H24FNO. The highest BCUT2D eigenvalue weighted by Crippen LogP contribution is 2.25. The van der Waals surface area contributed by atoms with Gasteiger partial charge in [0.2, 0.25) is 0 Å². The minimum atomic E-state index is -0.666. The molecule has 2 rings (SSSR count). The maximum absolute atomic E-state index is 13.6. The largest absolute Gasteiger partial charge is 0.376 e. The second-order valence-corrected chi connectivity index (χ2v) is 5.58. The molecule has 4 atom stereocenters. The highest BCUT2D eigenvalue weighted by Gasteiger charge is 2.32. The van der Waals surface area contributed by atoms with Gasteiger partial charge < -0.3 is 9.64 Å². The molecule has 2 saturated heterocycles. The minimum Gasteiger partial charge on any atom is -0.376 e. The molecule has 1 unspecified atom stereocenters. The van der Waals surface area contributed by atoms with Crippen LogP contribution in [0.4, 0.5) is 4.39 Å². The molecule has 0 aromatic heterocycles. The lowest BCUT2D eigenvalue weighted by Gasteiger charge is -2.38. The molecule has 2 aliphatic rings. The van der Waals surface area contributed by atoms with Gasteiger partial charge in [-0.25, -0.2) is 4.39 Å². The third-order valence-electron chi connectivity index (χ3n) is 4.06. The van der Waals surface area contributed by atoms with Gasteiger partial charge in [0.1, 0.15) is 6.17 Å². The zero-order valence-electron chi connectivity index (χ0n) is 10.5. The van der Waals surface area contributed by atoms with E-state index in [0.29, 0.717) is 13.0 Å². The van der Waals surface area contributed by atoms with E-state index in [0.717, 1.165) is 25.6 Å². The summed E-state index contributed by atoms with van der Waals surface area (Å²) in [4.78, 5) is 2.45. The van der Waals surface area contributed by atoms with E-state index in [4.69, 9.17) is 4.74 Å². The van der Waals surface area contributed by atoms with Crippen LogP contribution < -0.4 is 0 Å². The molecule has 0 radical (unpaired) electrons. The normalized spacial score (nSPS) is 42.2. The fourth-order valence-corrected chi connectivity index (χ4v) is 2.91. The first-order valence-electron chi connectivity index (χ1n) is 6.65. The van der Waals surface area contributed by atoms with Gasteiger partial charge in [-0.15, -0.1) is 0 Å². The summed E-state index contributed by atoms with van der Waals surface area (Å²) in [5.74, 6) is 0.847. The molecule has 0 aromatic carbocycles. The van der Waals surface area contributed by atoms with Crippen LogP contribution >= 0.6 is 0 Å². The van der Waals surface area contributed by atoms with Crippen LogP contribution in [-0.4, -0.2) is 43.4 Å². The van der Waals surface area contributed by atoms with Crippen LogP contribution in [0.15, 0.2) is 0 Å². The summed E-state index contributed by atoms with van der Waals surface area (Å²) in [6.45, 7) is 8.13. The van der Waals surface area contributed by atoms with E-state index in [1.54, 1.807) is 0 Å². The van der Waals surface area contributed by atoms with Crippen LogP contribution in [0.2, 0.25) is 0 Å². The van der Waals surface area contributed by atoms with Crippen molar-refractivity contribution in [2.75, 3.05) is 26.2 Å². The molecule has 0 bridgehead atoms. The van der Waals surface area contributed by atoms with E-state index < -0.39 is 6.17 Å². The van der Waals surface area contributed by atoms with Crippen LogP contribution in [0.1, 0.15) is 33.1 Å². The number of alkyl halides is 1. The lowest BCUT2D eigenvalue weighted by atomic mass is 9.93. The Bertz CT molecular complexity index is 224. The maximum atomic E-state index is 13.6. The van der Waals surface area contributed by atoms with Gasteiger partial charge >= 0.3 is 0 Å². The zero-order chi connectivity index (χ0) is 11.5. The predicted molar refractivity (Wildman–Crippen MR) is 63.3 cm³/mol. The van der Waals surface area contributed by atoms with Crippen molar-refractivity contribution in [3.05, 3.63) is 0 Å². The summed E-state index contributed by atoms with van der Waals surface area (Å²) in [5, 5.41) is 0. The van der Waals surface area contributed by atoms with Crippen molar-refractivity contribution in [3.63, 3.8) is 0 Å². The van der Waals surface area contributed by atoms with Crippen LogP contribution in [0.5, 0.6) is 0 Å². The molecule has 2 fully saturated rings. The summed E-state index contributed by atoms with van der Waals surface area (Å²) in [5.41, 5.74) is 0. The van der Waals surface area contributed by atoms with E-state index in [1.165, 1.54) is 12.8 Å². The molecule has 2 nitrogen and oxygen atoms in total. The van der Waals surface area contributed by atoms with Crippen molar-refractivity contribution >= 4 is 0 Å². The third-order valence-corrected chi connectivity index (χ3v) is 4.06. The lowest BCUT2D eigenvalue weighted by Crippen LogP contribution is -2.46. The number of piperidine rings is 1. The van der Waals surface area contributed by atoms with Crippen LogP contribution in [0, 0.1) is 11.8 Å². The third kappa shape index (κ3) is 2.95. The molecule has 16 heavy (non-hydrogen) atoms. The summed E-state index contributed by atoms with van der Waals surface area (Å²) in [6.07, 6.45) is 2.63. The number of ether oxygens (including phenoxy) is 1. The molecule has 0 saturated carbocycles. The second kappa shape index (κ2) is 5.46. The van der Waals surface area contributed by atoms with Gasteiger partial charge in [0, 0.05) is 32.0 Å². The number of hydrogen-bond donors (Lipinski definition) is 0. The summed E-state index contributed by atoms with van der Waals surface area (Å²) >= 11 is 0. The van der Waals surface area contributed by atoms with Gasteiger partial charge in [0.25, 0.3) is 0 Å². The molecule has 2 aliphatic heterocycles. The van der Waals surface area contributed by atoms with Gasteiger partial charge in [-0.1, -0.05) is 13.8 Å². The summed E-state index contributed by atoms with van der Waals surface area (Å²) in [7, 11) is 0. The van der Waals surface area contributed by atoms with Crippen molar-refractivity contribution in [1.29, 1.82) is 0 Å². The van der Waals surface area contributed by atoms with Gasteiger partial charge in [-0.05, 0) is 25.3 Å². The first kappa shape index (κ1) is 12.3. The lowest BCUT2D eigenvalue weighted by molar-refractivity contribution is -0.0755. The Morgan fingerprint density at radius 2 is 2.12 bits per heavy atom. The predicted octanol–water partition coefficient (Wildman–Crippen LogP) is 2.48. The van der Waals surface area contributed by atoms with E-state index in [1.807, 2.05) is 6.92 Å². The fraction of sp³-hybridized carbons (Fsp3) is 1.00. The second-order valence-electron chi connectivity index (χ2n) is 5.58. The fourth-order valence-electron chi connectivity index (χ4n) is 2.91. The Hall–Kier alpha value is -0.150. The molecule has 0 N–H and O–H groups in total. The first-order valence-corrected chi connectivity index (χ1v) is 6.65. The minimum absolute atomic E-state index is 0.0611.